The summed E-state index contributed by atoms with van der Waals surface area (Å²) in [5.41, 5.74) is 5.28. The van der Waals surface area contributed by atoms with Gasteiger partial charge < -0.3 is 15.5 Å². The fourth-order valence-corrected chi connectivity index (χ4v) is 1.42. The van der Waals surface area contributed by atoms with Gasteiger partial charge in [-0.1, -0.05) is 5.16 Å². The summed E-state index contributed by atoms with van der Waals surface area (Å²) in [5, 5.41) is 11.1. The maximum atomic E-state index is 13.5. The normalized spacial score (nSPS) is 11.2. The zero-order valence-corrected chi connectivity index (χ0v) is 8.51. The van der Waals surface area contributed by atoms with Gasteiger partial charge in [-0.05, 0) is 12.1 Å². The molecule has 1 aromatic heterocycles. The zero-order valence-electron chi connectivity index (χ0n) is 8.51. The van der Waals surface area contributed by atoms with Crippen molar-refractivity contribution in [2.45, 2.75) is 0 Å². The van der Waals surface area contributed by atoms with E-state index in [1.54, 1.807) is 0 Å². The third-order valence-electron chi connectivity index (χ3n) is 2.09. The number of imidazole rings is 1. The summed E-state index contributed by atoms with van der Waals surface area (Å²) in [5.74, 6) is -1.60. The second kappa shape index (κ2) is 4.20. The first-order valence-electron chi connectivity index (χ1n) is 4.58. The average molecular weight is 238 g/mol. The third-order valence-corrected chi connectivity index (χ3v) is 2.09. The third kappa shape index (κ3) is 2.07. The molecule has 7 heteroatoms. The van der Waals surface area contributed by atoms with E-state index >= 15 is 0 Å². The van der Waals surface area contributed by atoms with Crippen molar-refractivity contribution in [3.8, 4) is 5.69 Å². The Hall–Kier alpha value is -2.44. The van der Waals surface area contributed by atoms with Crippen molar-refractivity contribution in [1.82, 2.24) is 9.55 Å². The van der Waals surface area contributed by atoms with Crippen LogP contribution in [0.5, 0.6) is 0 Å². The van der Waals surface area contributed by atoms with Gasteiger partial charge in [0.05, 0.1) is 6.21 Å². The zero-order chi connectivity index (χ0) is 12.4. The lowest BCUT2D eigenvalue weighted by molar-refractivity contribution is 0.321. The molecule has 0 amide bonds. The van der Waals surface area contributed by atoms with Crippen molar-refractivity contribution in [2.24, 2.45) is 5.16 Å². The molecule has 2 aromatic rings. The van der Waals surface area contributed by atoms with Crippen molar-refractivity contribution in [3.05, 3.63) is 42.0 Å². The van der Waals surface area contributed by atoms with Gasteiger partial charge in [0.2, 0.25) is 0 Å². The van der Waals surface area contributed by atoms with Gasteiger partial charge in [0.25, 0.3) is 0 Å². The van der Waals surface area contributed by atoms with Gasteiger partial charge in [0.15, 0.2) is 11.6 Å². The molecule has 0 saturated heterocycles. The maximum Gasteiger partial charge on any atom is 0.152 e. The van der Waals surface area contributed by atoms with E-state index in [2.05, 4.69) is 10.1 Å². The minimum absolute atomic E-state index is 0.000935. The number of nitrogen functional groups attached to an aromatic ring is 1. The molecule has 0 radical (unpaired) electrons. The quantitative estimate of drug-likeness (QED) is 0.360. The van der Waals surface area contributed by atoms with Crippen LogP contribution in [-0.2, 0) is 0 Å². The number of hydrogen-bond acceptors (Lipinski definition) is 4. The molecule has 0 fully saturated rings. The van der Waals surface area contributed by atoms with Crippen LogP contribution in [0.3, 0.4) is 0 Å². The Balaban J connectivity index is 2.52. The molecule has 0 atom stereocenters. The lowest BCUT2D eigenvalue weighted by Crippen LogP contribution is -2.01. The average Bonchev–Trinajstić information content (AvgIpc) is 2.65. The van der Waals surface area contributed by atoms with Crippen LogP contribution in [0.25, 0.3) is 5.69 Å². The molecule has 5 nitrogen and oxygen atoms in total. The molecule has 2 rings (SSSR count). The van der Waals surface area contributed by atoms with Crippen LogP contribution < -0.4 is 5.73 Å². The molecular formula is C10H8F2N4O. The van der Waals surface area contributed by atoms with Crippen LogP contribution in [0.1, 0.15) is 5.69 Å². The summed E-state index contributed by atoms with van der Waals surface area (Å²) in [6.07, 6.45) is 3.57. The molecule has 0 spiro atoms. The van der Waals surface area contributed by atoms with Crippen molar-refractivity contribution >= 4 is 11.9 Å². The highest BCUT2D eigenvalue weighted by molar-refractivity contribution is 5.76. The highest BCUT2D eigenvalue weighted by atomic mass is 19.1. The minimum Gasteiger partial charge on any atom is -0.411 e. The van der Waals surface area contributed by atoms with Crippen molar-refractivity contribution in [3.63, 3.8) is 0 Å². The summed E-state index contributed by atoms with van der Waals surface area (Å²) in [6, 6.07) is 2.02. The molecule has 17 heavy (non-hydrogen) atoms. The van der Waals surface area contributed by atoms with Crippen LogP contribution in [-0.4, -0.2) is 21.0 Å². The Kier molecular flexibility index (Phi) is 2.73. The van der Waals surface area contributed by atoms with Gasteiger partial charge in [-0.25, -0.2) is 13.8 Å². The number of rotatable bonds is 2. The van der Waals surface area contributed by atoms with Crippen LogP contribution >= 0.6 is 0 Å². The van der Waals surface area contributed by atoms with Crippen molar-refractivity contribution in [2.75, 3.05) is 5.73 Å². The Labute approximate surface area is 94.8 Å². The molecule has 0 saturated carbocycles. The topological polar surface area (TPSA) is 76.4 Å². The number of aromatic nitrogens is 2. The van der Waals surface area contributed by atoms with Gasteiger partial charge in [-0.2, -0.15) is 0 Å². The molecule has 88 valence electrons. The van der Waals surface area contributed by atoms with Crippen LogP contribution in [0.15, 0.2) is 29.8 Å². The standard InChI is InChI=1S/C10H8F2N4O/c11-8-1-6(13)2-9(12)10(8)16-4-7(3-15-17)14-5-16/h1-5,17H,13H2/b15-3+. The van der Waals surface area contributed by atoms with E-state index in [0.29, 0.717) is 0 Å². The molecule has 0 aliphatic rings. The molecule has 3 N–H and O–H groups in total. The molecule has 1 aromatic carbocycles. The van der Waals surface area contributed by atoms with Crippen LogP contribution in [0.4, 0.5) is 14.5 Å². The fourth-order valence-electron chi connectivity index (χ4n) is 1.42. The number of anilines is 1. The van der Waals surface area contributed by atoms with E-state index in [1.807, 2.05) is 0 Å². The molecule has 0 aliphatic heterocycles. The van der Waals surface area contributed by atoms with Crippen molar-refractivity contribution < 1.29 is 14.0 Å². The van der Waals surface area contributed by atoms with Crippen LogP contribution in [0.2, 0.25) is 0 Å². The molecule has 0 bridgehead atoms. The van der Waals surface area contributed by atoms with Gasteiger partial charge in [0.1, 0.15) is 17.7 Å². The molecule has 0 aliphatic carbocycles. The highest BCUT2D eigenvalue weighted by Crippen LogP contribution is 2.20. The number of hydrogen-bond donors (Lipinski definition) is 2. The lowest BCUT2D eigenvalue weighted by atomic mass is 10.2. The lowest BCUT2D eigenvalue weighted by Gasteiger charge is -2.06. The van der Waals surface area contributed by atoms with E-state index in [4.69, 9.17) is 10.9 Å². The largest absolute Gasteiger partial charge is 0.411 e. The van der Waals surface area contributed by atoms with E-state index in [-0.39, 0.29) is 17.1 Å². The SMILES string of the molecule is Nc1cc(F)c(-n2cnc(/C=N/O)c2)c(F)c1. The predicted molar refractivity (Wildman–Crippen MR) is 57.3 cm³/mol. The summed E-state index contributed by atoms with van der Waals surface area (Å²) >= 11 is 0. The van der Waals surface area contributed by atoms with E-state index in [1.165, 1.54) is 12.5 Å². The summed E-state index contributed by atoms with van der Waals surface area (Å²) in [4.78, 5) is 3.78. The Morgan fingerprint density at radius 2 is 2.00 bits per heavy atom. The van der Waals surface area contributed by atoms with Crippen LogP contribution in [0, 0.1) is 11.6 Å². The van der Waals surface area contributed by atoms with E-state index in [0.717, 1.165) is 22.9 Å². The molecular weight excluding hydrogens is 230 g/mol. The number of oxime groups is 1. The minimum atomic E-state index is -0.799. The summed E-state index contributed by atoms with van der Waals surface area (Å²) in [6.45, 7) is 0. The van der Waals surface area contributed by atoms with E-state index in [9.17, 15) is 8.78 Å². The summed E-state index contributed by atoms with van der Waals surface area (Å²) < 4.78 is 28.2. The first kappa shape index (κ1) is 11.1. The Morgan fingerprint density at radius 3 is 2.59 bits per heavy atom. The first-order valence-corrected chi connectivity index (χ1v) is 4.58. The highest BCUT2D eigenvalue weighted by Gasteiger charge is 2.12. The Bertz CT molecular complexity index is 556. The van der Waals surface area contributed by atoms with Crippen molar-refractivity contribution in [1.29, 1.82) is 0 Å². The second-order valence-corrected chi connectivity index (χ2v) is 3.28. The number of benzene rings is 1. The second-order valence-electron chi connectivity index (χ2n) is 3.28. The van der Waals surface area contributed by atoms with Gasteiger partial charge in [0, 0.05) is 11.9 Å². The van der Waals surface area contributed by atoms with Gasteiger partial charge in [-0.15, -0.1) is 0 Å². The fraction of sp³-hybridized carbons (Fsp3) is 0. The smallest absolute Gasteiger partial charge is 0.152 e. The predicted octanol–water partition coefficient (Wildman–Crippen LogP) is 1.54. The van der Waals surface area contributed by atoms with E-state index < -0.39 is 11.6 Å². The summed E-state index contributed by atoms with van der Waals surface area (Å²) in [7, 11) is 0. The maximum absolute atomic E-state index is 13.5. The molecule has 1 heterocycles. The monoisotopic (exact) mass is 238 g/mol. The number of halogens is 2. The Morgan fingerprint density at radius 1 is 1.35 bits per heavy atom. The number of nitrogens with two attached hydrogens (primary N) is 1. The van der Waals surface area contributed by atoms with Gasteiger partial charge in [-0.3, -0.25) is 0 Å². The van der Waals surface area contributed by atoms with Gasteiger partial charge >= 0.3 is 0 Å². The molecule has 0 unspecified atom stereocenters. The first-order chi connectivity index (χ1) is 8.11. The number of nitrogens with zero attached hydrogens (tertiary/aromatic N) is 3.